The summed E-state index contributed by atoms with van der Waals surface area (Å²) in [7, 11) is 1.62. The number of imide groups is 1. The van der Waals surface area contributed by atoms with E-state index in [1.165, 1.54) is 22.0 Å². The van der Waals surface area contributed by atoms with Crippen LogP contribution in [0.1, 0.15) is 38.8 Å². The first-order valence-corrected chi connectivity index (χ1v) is 9.57. The molecule has 4 amide bonds. The van der Waals surface area contributed by atoms with E-state index in [0.29, 0.717) is 16.8 Å². The van der Waals surface area contributed by atoms with Crippen molar-refractivity contribution in [3.63, 3.8) is 0 Å². The third-order valence-corrected chi connectivity index (χ3v) is 5.03. The van der Waals surface area contributed by atoms with Crippen molar-refractivity contribution in [3.05, 3.63) is 47.6 Å². The Balaban J connectivity index is 2.02. The molecule has 1 N–H and O–H groups in total. The molecule has 0 radical (unpaired) electrons. The zero-order valence-electron chi connectivity index (χ0n) is 17.7. The first-order chi connectivity index (χ1) is 13.9. The molecule has 8 nitrogen and oxygen atoms in total. The van der Waals surface area contributed by atoms with Crippen molar-refractivity contribution in [3.8, 4) is 0 Å². The van der Waals surface area contributed by atoms with Crippen LogP contribution in [0.25, 0.3) is 6.08 Å². The molecular weight excluding hydrogens is 386 g/mol. The van der Waals surface area contributed by atoms with Gasteiger partial charge in [0, 0.05) is 31.3 Å². The molecule has 0 bridgehead atoms. The van der Waals surface area contributed by atoms with Crippen LogP contribution in [0.4, 0.5) is 10.5 Å². The van der Waals surface area contributed by atoms with Crippen molar-refractivity contribution in [2.75, 3.05) is 18.5 Å². The van der Waals surface area contributed by atoms with Crippen molar-refractivity contribution in [2.45, 2.75) is 38.8 Å². The Morgan fingerprint density at radius 1 is 1.23 bits per heavy atom. The van der Waals surface area contributed by atoms with E-state index in [-0.39, 0.29) is 12.5 Å². The fraction of sp³-hybridized carbons (Fsp3) is 0.364. The molecule has 1 aromatic carbocycles. The smallest absolute Gasteiger partial charge is 0.331 e. The van der Waals surface area contributed by atoms with Gasteiger partial charge >= 0.3 is 12.0 Å². The summed E-state index contributed by atoms with van der Waals surface area (Å²) in [5.74, 6) is -1.34. The second-order valence-electron chi connectivity index (χ2n) is 8.35. The maximum absolute atomic E-state index is 13.3. The number of fused-ring (bicyclic) bond motifs is 1. The van der Waals surface area contributed by atoms with Crippen molar-refractivity contribution in [1.29, 1.82) is 0 Å². The van der Waals surface area contributed by atoms with Crippen LogP contribution in [0.15, 0.2) is 36.4 Å². The van der Waals surface area contributed by atoms with Crippen LogP contribution in [0.3, 0.4) is 0 Å². The van der Waals surface area contributed by atoms with Crippen molar-refractivity contribution in [1.82, 2.24) is 10.2 Å². The van der Waals surface area contributed by atoms with Gasteiger partial charge in [-0.1, -0.05) is 24.3 Å². The number of amides is 4. The molecule has 158 valence electrons. The number of benzene rings is 1. The SMILES string of the molecule is CN1C(=O)C(C)(N2CC=CC(=O)NC2=O)c2cccc(/C=C/C(=O)OC(C)(C)C)c21. The molecule has 30 heavy (non-hydrogen) atoms. The first-order valence-electron chi connectivity index (χ1n) is 9.57. The zero-order valence-corrected chi connectivity index (χ0v) is 17.7. The Bertz CT molecular complexity index is 989. The Labute approximate surface area is 175 Å². The van der Waals surface area contributed by atoms with Crippen molar-refractivity contribution in [2.24, 2.45) is 0 Å². The minimum atomic E-state index is -1.31. The van der Waals surface area contributed by atoms with Gasteiger partial charge in [0.25, 0.3) is 11.8 Å². The monoisotopic (exact) mass is 411 g/mol. The number of para-hydroxylation sites is 1. The van der Waals surface area contributed by atoms with Crippen LogP contribution in [0.2, 0.25) is 0 Å². The third-order valence-electron chi connectivity index (χ3n) is 5.03. The van der Waals surface area contributed by atoms with Gasteiger partial charge in [0.15, 0.2) is 0 Å². The molecule has 8 heteroatoms. The van der Waals surface area contributed by atoms with Gasteiger partial charge in [-0.3, -0.25) is 14.9 Å². The van der Waals surface area contributed by atoms with Crippen LogP contribution in [-0.4, -0.2) is 47.9 Å². The molecule has 1 aromatic rings. The molecule has 0 aromatic heterocycles. The van der Waals surface area contributed by atoms with Gasteiger partial charge in [-0.25, -0.2) is 9.59 Å². The molecule has 0 spiro atoms. The minimum absolute atomic E-state index is 0.102. The lowest BCUT2D eigenvalue weighted by molar-refractivity contribution is -0.148. The maximum Gasteiger partial charge on any atom is 0.331 e. The highest BCUT2D eigenvalue weighted by atomic mass is 16.6. The van der Waals surface area contributed by atoms with Gasteiger partial charge < -0.3 is 14.5 Å². The quantitative estimate of drug-likeness (QED) is 0.608. The molecule has 2 aliphatic heterocycles. The number of ether oxygens (including phenoxy) is 1. The summed E-state index contributed by atoms with van der Waals surface area (Å²) in [6.45, 7) is 7.10. The van der Waals surface area contributed by atoms with Crippen LogP contribution in [0.5, 0.6) is 0 Å². The Kier molecular flexibility index (Phi) is 5.28. The molecule has 0 saturated heterocycles. The molecule has 3 rings (SSSR count). The Hall–Kier alpha value is -3.42. The fourth-order valence-electron chi connectivity index (χ4n) is 3.71. The maximum atomic E-state index is 13.3. The number of anilines is 1. The summed E-state index contributed by atoms with van der Waals surface area (Å²) in [5, 5.41) is 2.25. The summed E-state index contributed by atoms with van der Waals surface area (Å²) in [4.78, 5) is 52.4. The van der Waals surface area contributed by atoms with E-state index >= 15 is 0 Å². The van der Waals surface area contributed by atoms with Gasteiger partial charge in [-0.2, -0.15) is 0 Å². The van der Waals surface area contributed by atoms with E-state index in [2.05, 4.69) is 5.32 Å². The van der Waals surface area contributed by atoms with Gasteiger partial charge in [0.2, 0.25) is 0 Å². The average Bonchev–Trinajstić information content (AvgIpc) is 2.76. The van der Waals surface area contributed by atoms with E-state index in [1.54, 1.807) is 65.1 Å². The zero-order chi connectivity index (χ0) is 22.3. The van der Waals surface area contributed by atoms with Crippen LogP contribution in [-0.2, 0) is 24.7 Å². The standard InChI is InChI=1S/C22H25N3O5/c1-21(2,3)30-17(27)12-11-14-8-6-9-15-18(14)24(5)19(28)22(15,4)25-13-7-10-16(26)23-20(25)29/h6-12H,13H2,1-5H3,(H,23,26,29)/b12-11+. The minimum Gasteiger partial charge on any atom is -0.457 e. The van der Waals surface area contributed by atoms with Crippen molar-refractivity contribution >= 4 is 35.6 Å². The molecular formula is C22H25N3O5. The fourth-order valence-corrected chi connectivity index (χ4v) is 3.71. The number of carbonyl (C=O) groups excluding carboxylic acids is 4. The highest BCUT2D eigenvalue weighted by Crippen LogP contribution is 2.45. The van der Waals surface area contributed by atoms with E-state index in [0.717, 1.165) is 0 Å². The Morgan fingerprint density at radius 3 is 2.60 bits per heavy atom. The number of esters is 1. The number of hydrogen-bond donors (Lipinski definition) is 1. The number of urea groups is 1. The summed E-state index contributed by atoms with van der Waals surface area (Å²) in [6.07, 6.45) is 5.72. The molecule has 0 fully saturated rings. The predicted octanol–water partition coefficient (Wildman–Crippen LogP) is 2.34. The molecule has 2 aliphatic rings. The summed E-state index contributed by atoms with van der Waals surface area (Å²) < 4.78 is 5.29. The van der Waals surface area contributed by atoms with Gasteiger partial charge in [0.1, 0.15) is 11.1 Å². The van der Waals surface area contributed by atoms with E-state index in [1.807, 2.05) is 0 Å². The van der Waals surface area contributed by atoms with Gasteiger partial charge in [-0.15, -0.1) is 0 Å². The van der Waals surface area contributed by atoms with Crippen LogP contribution >= 0.6 is 0 Å². The molecule has 1 atom stereocenters. The largest absolute Gasteiger partial charge is 0.457 e. The lowest BCUT2D eigenvalue weighted by atomic mass is 9.90. The molecule has 2 heterocycles. The van der Waals surface area contributed by atoms with Gasteiger partial charge in [-0.05, 0) is 39.3 Å². The van der Waals surface area contributed by atoms with Crippen LogP contribution in [0, 0.1) is 0 Å². The molecule has 1 unspecified atom stereocenters. The summed E-state index contributed by atoms with van der Waals surface area (Å²) in [6, 6.07) is 4.67. The highest BCUT2D eigenvalue weighted by molar-refractivity contribution is 6.12. The number of likely N-dealkylation sites (N-methyl/N-ethyl adjacent to an activating group) is 1. The molecule has 0 saturated carbocycles. The topological polar surface area (TPSA) is 96.0 Å². The average molecular weight is 411 g/mol. The number of hydrogen-bond acceptors (Lipinski definition) is 5. The highest BCUT2D eigenvalue weighted by Gasteiger charge is 2.52. The van der Waals surface area contributed by atoms with E-state index < -0.39 is 29.0 Å². The first kappa shape index (κ1) is 21.3. The van der Waals surface area contributed by atoms with E-state index in [4.69, 9.17) is 4.74 Å². The third kappa shape index (κ3) is 3.72. The van der Waals surface area contributed by atoms with E-state index in [9.17, 15) is 19.2 Å². The number of nitrogens with zero attached hydrogens (tertiary/aromatic N) is 2. The van der Waals surface area contributed by atoms with Crippen LogP contribution < -0.4 is 10.2 Å². The second kappa shape index (κ2) is 7.44. The number of rotatable bonds is 3. The number of nitrogens with one attached hydrogen (secondary N) is 1. The lowest BCUT2D eigenvalue weighted by Crippen LogP contribution is -2.56. The second-order valence-corrected chi connectivity index (χ2v) is 8.35. The number of carbonyl (C=O) groups is 4. The lowest BCUT2D eigenvalue weighted by Gasteiger charge is -2.35. The summed E-state index contributed by atoms with van der Waals surface area (Å²) in [5.41, 5.74) is -0.0776. The normalized spacial score (nSPS) is 21.7. The molecule has 0 aliphatic carbocycles. The van der Waals surface area contributed by atoms with Gasteiger partial charge in [0.05, 0.1) is 5.69 Å². The predicted molar refractivity (Wildman–Crippen MR) is 111 cm³/mol. The Morgan fingerprint density at radius 2 is 1.93 bits per heavy atom. The summed E-state index contributed by atoms with van der Waals surface area (Å²) >= 11 is 0. The van der Waals surface area contributed by atoms with Crippen molar-refractivity contribution < 1.29 is 23.9 Å².